The zero-order valence-electron chi connectivity index (χ0n) is 14.6. The molecule has 2 saturated heterocycles. The third-order valence-corrected chi connectivity index (χ3v) is 4.53. The van der Waals surface area contributed by atoms with E-state index in [1.165, 1.54) is 0 Å². The first-order valence-electron chi connectivity index (χ1n) is 8.37. The first-order chi connectivity index (χ1) is 11.9. The molecule has 0 saturated carbocycles. The lowest BCUT2D eigenvalue weighted by atomic mass is 9.76. The van der Waals surface area contributed by atoms with Gasteiger partial charge in [-0.05, 0) is 26.0 Å². The molecule has 1 N–H and O–H groups in total. The van der Waals surface area contributed by atoms with Gasteiger partial charge in [0.2, 0.25) is 0 Å². The van der Waals surface area contributed by atoms with E-state index in [2.05, 4.69) is 18.4 Å². The number of rotatable bonds is 4. The van der Waals surface area contributed by atoms with E-state index in [9.17, 15) is 9.90 Å². The Morgan fingerprint density at radius 3 is 2.72 bits per heavy atom. The minimum atomic E-state index is -1.56. The molecule has 2 fully saturated rings. The van der Waals surface area contributed by atoms with Crippen LogP contribution in [0.5, 0.6) is 0 Å². The van der Waals surface area contributed by atoms with Gasteiger partial charge < -0.3 is 19.5 Å². The number of carbonyl (C=O) groups excluding carboxylic acids is 1. The van der Waals surface area contributed by atoms with Crippen molar-refractivity contribution in [1.82, 2.24) is 4.90 Å². The number of aliphatic hydroxyl groups is 1. The highest BCUT2D eigenvalue weighted by Gasteiger charge is 2.63. The van der Waals surface area contributed by atoms with Gasteiger partial charge >= 0.3 is 0 Å². The summed E-state index contributed by atoms with van der Waals surface area (Å²) in [5.74, 6) is 4.87. The van der Waals surface area contributed by atoms with Gasteiger partial charge in [0.25, 0.3) is 5.91 Å². The third kappa shape index (κ3) is 3.34. The van der Waals surface area contributed by atoms with Crippen molar-refractivity contribution in [2.75, 3.05) is 13.2 Å². The monoisotopic (exact) mass is 341 g/mol. The Balaban J connectivity index is 1.78. The summed E-state index contributed by atoms with van der Waals surface area (Å²) >= 11 is 0. The number of nitrogens with zero attached hydrogens (tertiary/aromatic N) is 1. The van der Waals surface area contributed by atoms with Crippen molar-refractivity contribution >= 4 is 5.91 Å². The Bertz CT molecular complexity index is 718. The van der Waals surface area contributed by atoms with Crippen molar-refractivity contribution in [1.29, 1.82) is 0 Å². The van der Waals surface area contributed by atoms with Gasteiger partial charge in [0.15, 0.2) is 11.4 Å². The molecule has 2 aliphatic heterocycles. The number of hydrogen-bond acceptors (Lipinski definition) is 4. The molecule has 5 heteroatoms. The molecule has 0 spiro atoms. The number of benzene rings is 1. The highest BCUT2D eigenvalue weighted by atomic mass is 16.7. The van der Waals surface area contributed by atoms with Crippen LogP contribution in [-0.2, 0) is 14.3 Å². The van der Waals surface area contributed by atoms with E-state index in [0.717, 1.165) is 5.56 Å². The second-order valence-corrected chi connectivity index (χ2v) is 6.83. The molecule has 1 amide bonds. The average Bonchev–Trinajstić information content (AvgIpc) is 2.94. The molecule has 2 aliphatic rings. The lowest BCUT2D eigenvalue weighted by Gasteiger charge is -2.53. The van der Waals surface area contributed by atoms with Gasteiger partial charge in [-0.3, -0.25) is 4.79 Å². The Labute approximate surface area is 148 Å². The van der Waals surface area contributed by atoms with Gasteiger partial charge in [-0.1, -0.05) is 36.1 Å². The fraction of sp³-hybridized carbons (Fsp3) is 0.450. The molecule has 0 bridgehead atoms. The van der Waals surface area contributed by atoms with Crippen molar-refractivity contribution in [2.45, 2.75) is 43.8 Å². The lowest BCUT2D eigenvalue weighted by Crippen LogP contribution is -2.77. The van der Waals surface area contributed by atoms with Gasteiger partial charge in [0.1, 0.15) is 6.10 Å². The number of ether oxygens (including phenoxy) is 2. The van der Waals surface area contributed by atoms with Crippen LogP contribution in [0.25, 0.3) is 0 Å². The number of likely N-dealkylation sites (tertiary alicyclic amines) is 1. The average molecular weight is 341 g/mol. The Kier molecular flexibility index (Phi) is 4.70. The molecular formula is C20H23NO4. The van der Waals surface area contributed by atoms with E-state index in [4.69, 9.17) is 9.47 Å². The molecule has 132 valence electrons. The molecule has 0 aromatic heterocycles. The van der Waals surface area contributed by atoms with Crippen LogP contribution in [0.1, 0.15) is 25.8 Å². The minimum absolute atomic E-state index is 0.0549. The van der Waals surface area contributed by atoms with E-state index >= 15 is 0 Å². The van der Waals surface area contributed by atoms with Crippen LogP contribution < -0.4 is 0 Å². The molecule has 3 atom stereocenters. The maximum absolute atomic E-state index is 12.5. The zero-order valence-corrected chi connectivity index (χ0v) is 14.6. The SMILES string of the molecule is C=CCN1C(=O)[C@@](O)(CC#Cc2ccccc2)[C@@H]1[C@H]1COC(C)(C)O1. The highest BCUT2D eigenvalue weighted by Crippen LogP contribution is 2.40. The van der Waals surface area contributed by atoms with Gasteiger partial charge in [0.05, 0.1) is 12.6 Å². The summed E-state index contributed by atoms with van der Waals surface area (Å²) in [6.45, 7) is 8.00. The van der Waals surface area contributed by atoms with E-state index in [0.29, 0.717) is 13.2 Å². The Morgan fingerprint density at radius 1 is 1.40 bits per heavy atom. The standard InChI is InChI=1S/C20H23NO4/c1-4-13-21-17(16-14-24-19(2,3)25-16)20(23,18(21)22)12-8-11-15-9-6-5-7-10-15/h4-7,9-10,16-17,23H,1,12-14H2,2-3H3/t16-,17+,20-/m1/s1. The summed E-state index contributed by atoms with van der Waals surface area (Å²) < 4.78 is 11.5. The molecule has 3 rings (SSSR count). The van der Waals surface area contributed by atoms with Crippen molar-refractivity contribution in [2.24, 2.45) is 0 Å². The van der Waals surface area contributed by atoms with Crippen LogP contribution in [0.2, 0.25) is 0 Å². The summed E-state index contributed by atoms with van der Waals surface area (Å²) in [6, 6.07) is 8.98. The van der Waals surface area contributed by atoms with Crippen molar-refractivity contribution < 1.29 is 19.4 Å². The topological polar surface area (TPSA) is 59.0 Å². The van der Waals surface area contributed by atoms with E-state index < -0.39 is 23.5 Å². The molecule has 5 nitrogen and oxygen atoms in total. The van der Waals surface area contributed by atoms with Gasteiger partial charge in [-0.25, -0.2) is 0 Å². The predicted octanol–water partition coefficient (Wildman–Crippen LogP) is 1.71. The number of amides is 1. The first kappa shape index (κ1) is 17.7. The molecule has 0 radical (unpaired) electrons. The number of hydrogen-bond donors (Lipinski definition) is 1. The van der Waals surface area contributed by atoms with Crippen LogP contribution in [0.3, 0.4) is 0 Å². The Hall–Kier alpha value is -2.13. The fourth-order valence-corrected chi connectivity index (χ4v) is 3.39. The molecule has 1 aromatic rings. The third-order valence-electron chi connectivity index (χ3n) is 4.53. The summed E-state index contributed by atoms with van der Waals surface area (Å²) in [7, 11) is 0. The quantitative estimate of drug-likeness (QED) is 0.515. The first-order valence-corrected chi connectivity index (χ1v) is 8.37. The lowest BCUT2D eigenvalue weighted by molar-refractivity contribution is -0.212. The van der Waals surface area contributed by atoms with Gasteiger partial charge in [-0.15, -0.1) is 6.58 Å². The van der Waals surface area contributed by atoms with Crippen molar-refractivity contribution in [3.8, 4) is 11.8 Å². The van der Waals surface area contributed by atoms with Crippen LogP contribution in [0, 0.1) is 11.8 Å². The smallest absolute Gasteiger partial charge is 0.258 e. The molecule has 25 heavy (non-hydrogen) atoms. The number of β-lactam (4-membered cyclic amide) rings is 1. The molecule has 0 aliphatic carbocycles. The maximum atomic E-state index is 12.5. The van der Waals surface area contributed by atoms with E-state index in [1.54, 1.807) is 11.0 Å². The summed E-state index contributed by atoms with van der Waals surface area (Å²) in [6.07, 6.45) is 1.30. The van der Waals surface area contributed by atoms with Gasteiger partial charge in [-0.2, -0.15) is 0 Å². The van der Waals surface area contributed by atoms with Crippen LogP contribution in [-0.4, -0.2) is 52.6 Å². The fourth-order valence-electron chi connectivity index (χ4n) is 3.39. The van der Waals surface area contributed by atoms with Crippen LogP contribution in [0.4, 0.5) is 0 Å². The van der Waals surface area contributed by atoms with Crippen LogP contribution in [0.15, 0.2) is 43.0 Å². The second-order valence-electron chi connectivity index (χ2n) is 6.83. The van der Waals surface area contributed by atoms with E-state index in [1.807, 2.05) is 44.2 Å². The normalized spacial score (nSPS) is 30.4. The van der Waals surface area contributed by atoms with Crippen LogP contribution >= 0.6 is 0 Å². The predicted molar refractivity (Wildman–Crippen MR) is 93.5 cm³/mol. The highest BCUT2D eigenvalue weighted by molar-refractivity contribution is 5.93. The second kappa shape index (κ2) is 6.64. The summed E-state index contributed by atoms with van der Waals surface area (Å²) in [5.41, 5.74) is -0.710. The minimum Gasteiger partial charge on any atom is -0.377 e. The molecule has 2 heterocycles. The molecule has 0 unspecified atom stereocenters. The molecule has 1 aromatic carbocycles. The van der Waals surface area contributed by atoms with E-state index in [-0.39, 0.29) is 12.3 Å². The molecular weight excluding hydrogens is 318 g/mol. The van der Waals surface area contributed by atoms with Crippen molar-refractivity contribution in [3.05, 3.63) is 48.6 Å². The largest absolute Gasteiger partial charge is 0.377 e. The Morgan fingerprint density at radius 2 is 2.12 bits per heavy atom. The number of carbonyl (C=O) groups is 1. The maximum Gasteiger partial charge on any atom is 0.258 e. The summed E-state index contributed by atoms with van der Waals surface area (Å²) in [5, 5.41) is 11.0. The summed E-state index contributed by atoms with van der Waals surface area (Å²) in [4.78, 5) is 14.1. The van der Waals surface area contributed by atoms with Crippen molar-refractivity contribution in [3.63, 3.8) is 0 Å². The van der Waals surface area contributed by atoms with Gasteiger partial charge in [0, 0.05) is 18.5 Å². The zero-order chi connectivity index (χ0) is 18.1.